The van der Waals surface area contributed by atoms with Gasteiger partial charge in [-0.1, -0.05) is 6.42 Å². The van der Waals surface area contributed by atoms with Gasteiger partial charge < -0.3 is 10.2 Å². The summed E-state index contributed by atoms with van der Waals surface area (Å²) >= 11 is 0. The van der Waals surface area contributed by atoms with Gasteiger partial charge in [0.05, 0.1) is 0 Å². The van der Waals surface area contributed by atoms with Gasteiger partial charge in [-0.15, -0.1) is 0 Å². The van der Waals surface area contributed by atoms with Crippen molar-refractivity contribution in [3.8, 4) is 0 Å². The molecule has 3 nitrogen and oxygen atoms in total. The van der Waals surface area contributed by atoms with Gasteiger partial charge in [0.15, 0.2) is 0 Å². The number of nitrogens with one attached hydrogen (secondary N) is 1. The van der Waals surface area contributed by atoms with Crippen LogP contribution in [0, 0.1) is 5.92 Å². The molecule has 1 aromatic rings. The van der Waals surface area contributed by atoms with Crippen molar-refractivity contribution in [2.24, 2.45) is 5.92 Å². The maximum atomic E-state index is 4.19. The molecule has 1 aromatic heterocycles. The van der Waals surface area contributed by atoms with E-state index in [4.69, 9.17) is 0 Å². The van der Waals surface area contributed by atoms with Crippen LogP contribution in [-0.4, -0.2) is 25.6 Å². The monoisotopic (exact) mass is 219 g/mol. The van der Waals surface area contributed by atoms with Gasteiger partial charge in [-0.2, -0.15) is 0 Å². The maximum Gasteiger partial charge on any atom is 0.0437 e. The molecule has 1 fully saturated rings. The summed E-state index contributed by atoms with van der Waals surface area (Å²) in [4.78, 5) is 6.33. The lowest BCUT2D eigenvalue weighted by atomic mass is 9.85. The van der Waals surface area contributed by atoms with E-state index in [-0.39, 0.29) is 0 Å². The molecule has 1 aliphatic carbocycles. The molecule has 2 rings (SSSR count). The molecule has 0 aromatic carbocycles. The minimum atomic E-state index is 0.916. The van der Waals surface area contributed by atoms with E-state index in [1.54, 1.807) is 0 Å². The van der Waals surface area contributed by atoms with Gasteiger partial charge in [0, 0.05) is 44.3 Å². The van der Waals surface area contributed by atoms with Crippen LogP contribution < -0.4 is 10.2 Å². The number of aromatic nitrogens is 1. The number of hydrogen-bond acceptors (Lipinski definition) is 3. The van der Waals surface area contributed by atoms with Crippen LogP contribution in [0.15, 0.2) is 18.5 Å². The Morgan fingerprint density at radius 1 is 1.44 bits per heavy atom. The van der Waals surface area contributed by atoms with Crippen molar-refractivity contribution in [3.05, 3.63) is 24.0 Å². The molecular weight excluding hydrogens is 198 g/mol. The summed E-state index contributed by atoms with van der Waals surface area (Å²) < 4.78 is 0. The standard InChI is InChI=1S/C13H21N3/c1-16(2)13-6-7-14-9-12(13)10-15-8-11-4-3-5-11/h6-7,9,11,15H,3-5,8,10H2,1-2H3. The molecule has 0 spiro atoms. The first-order valence-corrected chi connectivity index (χ1v) is 6.08. The summed E-state index contributed by atoms with van der Waals surface area (Å²) in [6.45, 7) is 2.08. The quantitative estimate of drug-likeness (QED) is 0.821. The van der Waals surface area contributed by atoms with Gasteiger partial charge in [0.2, 0.25) is 0 Å². The Morgan fingerprint density at radius 3 is 2.88 bits per heavy atom. The molecule has 0 unspecified atom stereocenters. The minimum absolute atomic E-state index is 0.916. The zero-order valence-corrected chi connectivity index (χ0v) is 10.2. The van der Waals surface area contributed by atoms with E-state index in [0.717, 1.165) is 19.0 Å². The predicted octanol–water partition coefficient (Wildman–Crippen LogP) is 2.04. The van der Waals surface area contributed by atoms with Gasteiger partial charge in [0.1, 0.15) is 0 Å². The van der Waals surface area contributed by atoms with Crippen molar-refractivity contribution < 1.29 is 0 Å². The lowest BCUT2D eigenvalue weighted by Crippen LogP contribution is -2.27. The second kappa shape index (κ2) is 5.30. The summed E-state index contributed by atoms with van der Waals surface area (Å²) in [5.41, 5.74) is 2.54. The molecule has 16 heavy (non-hydrogen) atoms. The summed E-state index contributed by atoms with van der Waals surface area (Å²) in [5, 5.41) is 3.53. The molecule has 0 radical (unpaired) electrons. The molecule has 0 amide bonds. The van der Waals surface area contributed by atoms with Crippen LogP contribution in [0.2, 0.25) is 0 Å². The van der Waals surface area contributed by atoms with Gasteiger partial charge in [-0.25, -0.2) is 0 Å². The zero-order chi connectivity index (χ0) is 11.4. The summed E-state index contributed by atoms with van der Waals surface area (Å²) in [6, 6.07) is 2.07. The number of hydrogen-bond donors (Lipinski definition) is 1. The Labute approximate surface area is 97.9 Å². The third kappa shape index (κ3) is 2.73. The SMILES string of the molecule is CN(C)c1ccncc1CNCC1CCC1. The molecule has 0 aliphatic heterocycles. The molecule has 1 saturated carbocycles. The number of nitrogens with zero attached hydrogens (tertiary/aromatic N) is 2. The highest BCUT2D eigenvalue weighted by molar-refractivity contribution is 5.50. The Kier molecular flexibility index (Phi) is 3.78. The molecule has 3 heteroatoms. The summed E-state index contributed by atoms with van der Waals surface area (Å²) in [7, 11) is 4.15. The molecule has 0 bridgehead atoms. The first kappa shape index (κ1) is 11.4. The molecular formula is C13H21N3. The molecule has 1 N–H and O–H groups in total. The number of rotatable bonds is 5. The Hall–Kier alpha value is -1.09. The summed E-state index contributed by atoms with van der Waals surface area (Å²) in [6.07, 6.45) is 8.04. The average Bonchev–Trinajstić information content (AvgIpc) is 2.22. The van der Waals surface area contributed by atoms with E-state index < -0.39 is 0 Å². The van der Waals surface area contributed by atoms with E-state index >= 15 is 0 Å². The Morgan fingerprint density at radius 2 is 2.25 bits per heavy atom. The van der Waals surface area contributed by atoms with Crippen molar-refractivity contribution in [2.45, 2.75) is 25.8 Å². The Balaban J connectivity index is 1.87. The van der Waals surface area contributed by atoms with Crippen molar-refractivity contribution in [2.75, 3.05) is 25.5 Å². The lowest BCUT2D eigenvalue weighted by Gasteiger charge is -2.26. The second-order valence-electron chi connectivity index (χ2n) is 4.83. The van der Waals surface area contributed by atoms with Crippen molar-refractivity contribution in [1.29, 1.82) is 0 Å². The highest BCUT2D eigenvalue weighted by Gasteiger charge is 2.16. The van der Waals surface area contributed by atoms with Crippen LogP contribution in [-0.2, 0) is 6.54 Å². The van der Waals surface area contributed by atoms with E-state index in [0.29, 0.717) is 0 Å². The number of pyridine rings is 1. The van der Waals surface area contributed by atoms with Gasteiger partial charge >= 0.3 is 0 Å². The van der Waals surface area contributed by atoms with E-state index in [2.05, 4.69) is 35.4 Å². The second-order valence-corrected chi connectivity index (χ2v) is 4.83. The van der Waals surface area contributed by atoms with Crippen molar-refractivity contribution in [1.82, 2.24) is 10.3 Å². The van der Waals surface area contributed by atoms with Crippen LogP contribution in [0.4, 0.5) is 5.69 Å². The van der Waals surface area contributed by atoms with Crippen LogP contribution in [0.5, 0.6) is 0 Å². The van der Waals surface area contributed by atoms with Crippen LogP contribution in [0.3, 0.4) is 0 Å². The zero-order valence-electron chi connectivity index (χ0n) is 10.2. The topological polar surface area (TPSA) is 28.2 Å². The summed E-state index contributed by atoms with van der Waals surface area (Å²) in [5.74, 6) is 0.916. The fourth-order valence-electron chi connectivity index (χ4n) is 2.10. The van der Waals surface area contributed by atoms with Gasteiger partial charge in [-0.05, 0) is 31.4 Å². The average molecular weight is 219 g/mol. The van der Waals surface area contributed by atoms with Crippen LogP contribution >= 0.6 is 0 Å². The molecule has 88 valence electrons. The first-order valence-electron chi connectivity index (χ1n) is 6.08. The van der Waals surface area contributed by atoms with Gasteiger partial charge in [-0.3, -0.25) is 4.98 Å². The fourth-order valence-corrected chi connectivity index (χ4v) is 2.10. The maximum absolute atomic E-state index is 4.19. The van der Waals surface area contributed by atoms with E-state index in [1.165, 1.54) is 30.5 Å². The largest absolute Gasteiger partial charge is 0.377 e. The predicted molar refractivity (Wildman–Crippen MR) is 67.6 cm³/mol. The van der Waals surface area contributed by atoms with E-state index in [9.17, 15) is 0 Å². The van der Waals surface area contributed by atoms with Gasteiger partial charge in [0.25, 0.3) is 0 Å². The molecule has 1 aliphatic rings. The third-order valence-electron chi connectivity index (χ3n) is 3.33. The normalized spacial score (nSPS) is 15.9. The molecule has 0 saturated heterocycles. The highest BCUT2D eigenvalue weighted by atomic mass is 15.1. The van der Waals surface area contributed by atoms with Crippen molar-refractivity contribution in [3.63, 3.8) is 0 Å². The minimum Gasteiger partial charge on any atom is -0.377 e. The molecule has 1 heterocycles. The lowest BCUT2D eigenvalue weighted by molar-refractivity contribution is 0.301. The van der Waals surface area contributed by atoms with E-state index in [1.807, 2.05) is 12.4 Å². The van der Waals surface area contributed by atoms with Crippen molar-refractivity contribution >= 4 is 5.69 Å². The highest BCUT2D eigenvalue weighted by Crippen LogP contribution is 2.25. The first-order chi connectivity index (χ1) is 7.77. The third-order valence-corrected chi connectivity index (χ3v) is 3.33. The Bertz CT molecular complexity index is 332. The van der Waals surface area contributed by atoms with Crippen LogP contribution in [0.1, 0.15) is 24.8 Å². The fraction of sp³-hybridized carbons (Fsp3) is 0.615. The smallest absolute Gasteiger partial charge is 0.0437 e. The number of anilines is 1. The molecule has 0 atom stereocenters. The van der Waals surface area contributed by atoms with Crippen LogP contribution in [0.25, 0.3) is 0 Å².